The van der Waals surface area contributed by atoms with E-state index in [2.05, 4.69) is 6.92 Å². The first-order valence-electron chi connectivity index (χ1n) is 11.1. The van der Waals surface area contributed by atoms with Crippen LogP contribution in [0.15, 0.2) is 70.8 Å². The molecule has 0 saturated carbocycles. The Kier molecular flexibility index (Phi) is 6.99. The second-order valence-electron chi connectivity index (χ2n) is 7.96. The number of hydrogen-bond acceptors (Lipinski definition) is 4. The molecule has 2 aromatic carbocycles. The van der Waals surface area contributed by atoms with Crippen LogP contribution in [-0.2, 0) is 0 Å². The van der Waals surface area contributed by atoms with Crippen LogP contribution >= 0.6 is 11.3 Å². The summed E-state index contributed by atoms with van der Waals surface area (Å²) in [7, 11) is 0. The molecule has 0 fully saturated rings. The van der Waals surface area contributed by atoms with Gasteiger partial charge in [-0.05, 0) is 61.2 Å². The Hall–Kier alpha value is -3.32. The first kappa shape index (κ1) is 22.9. The molecule has 0 aliphatic carbocycles. The van der Waals surface area contributed by atoms with E-state index in [-0.39, 0.29) is 17.3 Å². The molecule has 0 N–H and O–H groups in total. The van der Waals surface area contributed by atoms with Gasteiger partial charge in [0.25, 0.3) is 11.5 Å². The number of carbonyl (C=O) groups excluding carboxylic acids is 1. The van der Waals surface area contributed by atoms with Crippen molar-refractivity contribution in [2.75, 3.05) is 6.54 Å². The van der Waals surface area contributed by atoms with Gasteiger partial charge in [-0.25, -0.2) is 9.37 Å². The number of hydrogen-bond donors (Lipinski definition) is 0. The monoisotopic (exact) mass is 463 g/mol. The fraction of sp³-hybridized carbons (Fsp3) is 0.269. The zero-order valence-corrected chi connectivity index (χ0v) is 19.5. The third-order valence-electron chi connectivity index (χ3n) is 5.72. The van der Waals surface area contributed by atoms with E-state index in [1.54, 1.807) is 35.2 Å². The van der Waals surface area contributed by atoms with Crippen LogP contribution in [0.4, 0.5) is 4.39 Å². The Morgan fingerprint density at radius 1 is 1.09 bits per heavy atom. The van der Waals surface area contributed by atoms with Gasteiger partial charge in [0.05, 0.1) is 27.5 Å². The molecule has 7 heteroatoms. The van der Waals surface area contributed by atoms with Gasteiger partial charge in [-0.1, -0.05) is 38.0 Å². The maximum absolute atomic E-state index is 13.6. The van der Waals surface area contributed by atoms with Crippen molar-refractivity contribution in [3.63, 3.8) is 0 Å². The zero-order valence-electron chi connectivity index (χ0n) is 18.7. The molecule has 2 aromatic heterocycles. The maximum atomic E-state index is 13.6. The van der Waals surface area contributed by atoms with Gasteiger partial charge in [-0.3, -0.25) is 14.2 Å². The summed E-state index contributed by atoms with van der Waals surface area (Å²) in [5.41, 5.74) is 0.838. The average Bonchev–Trinajstić information content (AvgIpc) is 3.37. The lowest BCUT2D eigenvalue weighted by molar-refractivity contribution is 0.0682. The normalized spacial score (nSPS) is 12.1. The summed E-state index contributed by atoms with van der Waals surface area (Å²) in [6, 6.07) is 16.1. The van der Waals surface area contributed by atoms with Crippen LogP contribution in [0.5, 0.6) is 0 Å². The summed E-state index contributed by atoms with van der Waals surface area (Å²) in [5.74, 6) is -0.0161. The highest BCUT2D eigenvalue weighted by Gasteiger charge is 2.27. The minimum Gasteiger partial charge on any atom is -0.328 e. The summed E-state index contributed by atoms with van der Waals surface area (Å²) in [5, 5.41) is 2.35. The highest BCUT2D eigenvalue weighted by molar-refractivity contribution is 7.12. The van der Waals surface area contributed by atoms with Gasteiger partial charge in [-0.2, -0.15) is 0 Å². The maximum Gasteiger partial charge on any atom is 0.266 e. The van der Waals surface area contributed by atoms with E-state index >= 15 is 0 Å². The smallest absolute Gasteiger partial charge is 0.266 e. The van der Waals surface area contributed by atoms with Crippen molar-refractivity contribution < 1.29 is 9.18 Å². The molecule has 0 spiro atoms. The Morgan fingerprint density at radius 3 is 2.55 bits per heavy atom. The zero-order chi connectivity index (χ0) is 23.4. The highest BCUT2D eigenvalue weighted by Crippen LogP contribution is 2.26. The molecule has 0 saturated heterocycles. The second kappa shape index (κ2) is 10.1. The van der Waals surface area contributed by atoms with Crippen LogP contribution in [0.2, 0.25) is 0 Å². The molecule has 0 aliphatic heterocycles. The number of halogens is 1. The number of rotatable bonds is 8. The first-order chi connectivity index (χ1) is 16.0. The van der Waals surface area contributed by atoms with Crippen LogP contribution in [0, 0.1) is 5.82 Å². The molecule has 2 heterocycles. The van der Waals surface area contributed by atoms with Crippen molar-refractivity contribution in [2.24, 2.45) is 0 Å². The number of nitrogens with zero attached hydrogens (tertiary/aromatic N) is 3. The number of para-hydroxylation sites is 1. The van der Waals surface area contributed by atoms with Crippen LogP contribution in [0.3, 0.4) is 0 Å². The van der Waals surface area contributed by atoms with Gasteiger partial charge in [-0.15, -0.1) is 11.3 Å². The predicted molar refractivity (Wildman–Crippen MR) is 131 cm³/mol. The van der Waals surface area contributed by atoms with E-state index in [1.807, 2.05) is 30.5 Å². The van der Waals surface area contributed by atoms with Gasteiger partial charge < -0.3 is 4.90 Å². The molecular weight excluding hydrogens is 437 g/mol. The van der Waals surface area contributed by atoms with E-state index < -0.39 is 6.04 Å². The van der Waals surface area contributed by atoms with Crippen molar-refractivity contribution >= 4 is 28.1 Å². The van der Waals surface area contributed by atoms with Crippen molar-refractivity contribution in [1.29, 1.82) is 0 Å². The Labute approximate surface area is 196 Å². The Morgan fingerprint density at radius 2 is 1.85 bits per heavy atom. The third kappa shape index (κ3) is 4.73. The number of carbonyl (C=O) groups is 1. The third-order valence-corrected chi connectivity index (χ3v) is 6.58. The summed E-state index contributed by atoms with van der Waals surface area (Å²) >= 11 is 1.40. The second-order valence-corrected chi connectivity index (χ2v) is 8.91. The van der Waals surface area contributed by atoms with E-state index in [4.69, 9.17) is 4.98 Å². The molecule has 4 rings (SSSR count). The van der Waals surface area contributed by atoms with E-state index in [9.17, 15) is 14.0 Å². The molecule has 4 aromatic rings. The van der Waals surface area contributed by atoms with Gasteiger partial charge in [0.15, 0.2) is 0 Å². The molecule has 170 valence electrons. The SMILES string of the molecule is CCCCCN(C(=O)c1cccs1)C(C)c1nc2ccccc2c(=O)n1-c1ccc(F)cc1. The van der Waals surface area contributed by atoms with Crippen molar-refractivity contribution in [1.82, 2.24) is 14.5 Å². The number of amides is 1. The van der Waals surface area contributed by atoms with Gasteiger partial charge in [0, 0.05) is 6.54 Å². The molecule has 1 amide bonds. The first-order valence-corrected chi connectivity index (χ1v) is 12.0. The molecule has 5 nitrogen and oxygen atoms in total. The topological polar surface area (TPSA) is 55.2 Å². The highest BCUT2D eigenvalue weighted by atomic mass is 32.1. The summed E-state index contributed by atoms with van der Waals surface area (Å²) in [6.07, 6.45) is 2.88. The lowest BCUT2D eigenvalue weighted by atomic mass is 10.1. The molecular formula is C26H26FN3O2S. The summed E-state index contributed by atoms with van der Waals surface area (Å²) < 4.78 is 15.1. The van der Waals surface area contributed by atoms with E-state index in [0.717, 1.165) is 19.3 Å². The van der Waals surface area contributed by atoms with Crippen molar-refractivity contribution in [3.05, 3.63) is 92.9 Å². The van der Waals surface area contributed by atoms with Crippen molar-refractivity contribution in [2.45, 2.75) is 39.2 Å². The number of benzene rings is 2. The fourth-order valence-corrected chi connectivity index (χ4v) is 4.63. The number of aromatic nitrogens is 2. The van der Waals surface area contributed by atoms with Crippen LogP contribution < -0.4 is 5.56 Å². The lowest BCUT2D eigenvalue weighted by Crippen LogP contribution is -2.37. The van der Waals surface area contributed by atoms with Gasteiger partial charge in [0.1, 0.15) is 11.6 Å². The molecule has 0 radical (unpaired) electrons. The molecule has 1 atom stereocenters. The summed E-state index contributed by atoms with van der Waals surface area (Å²) in [6.45, 7) is 4.57. The number of thiophene rings is 1. The Balaban J connectivity index is 1.87. The average molecular weight is 464 g/mol. The quantitative estimate of drug-likeness (QED) is 0.302. The largest absolute Gasteiger partial charge is 0.328 e. The van der Waals surface area contributed by atoms with Gasteiger partial charge >= 0.3 is 0 Å². The lowest BCUT2D eigenvalue weighted by Gasteiger charge is -2.30. The predicted octanol–water partition coefficient (Wildman–Crippen LogP) is 5.98. The minimum absolute atomic E-state index is 0.0818. The Bertz CT molecular complexity index is 1300. The van der Waals surface area contributed by atoms with Gasteiger partial charge in [0.2, 0.25) is 0 Å². The minimum atomic E-state index is -0.473. The molecule has 33 heavy (non-hydrogen) atoms. The fourth-order valence-electron chi connectivity index (χ4n) is 3.95. The van der Waals surface area contributed by atoms with E-state index in [0.29, 0.717) is 33.8 Å². The van der Waals surface area contributed by atoms with E-state index in [1.165, 1.54) is 28.0 Å². The van der Waals surface area contributed by atoms with Crippen LogP contribution in [-0.4, -0.2) is 26.9 Å². The van der Waals surface area contributed by atoms with Crippen LogP contribution in [0.25, 0.3) is 16.6 Å². The summed E-state index contributed by atoms with van der Waals surface area (Å²) in [4.78, 5) is 34.2. The molecule has 0 aliphatic rings. The molecule has 0 bridgehead atoms. The number of unbranched alkanes of at least 4 members (excludes halogenated alkanes) is 2. The number of fused-ring (bicyclic) bond motifs is 1. The standard InChI is InChI=1S/C26H26FN3O2S/c1-3-4-7-16-29(26(32)23-11-8-17-33-23)18(2)24-28-22-10-6-5-9-21(22)25(31)30(24)20-14-12-19(27)13-15-20/h5-6,8-15,17-18H,3-4,7,16H2,1-2H3. The molecule has 1 unspecified atom stereocenters. The van der Waals surface area contributed by atoms with Crippen molar-refractivity contribution in [3.8, 4) is 5.69 Å². The van der Waals surface area contributed by atoms with Crippen LogP contribution in [0.1, 0.15) is 54.6 Å².